The second-order valence-electron chi connectivity index (χ2n) is 9.17. The molecule has 2 aromatic rings. The van der Waals surface area contributed by atoms with E-state index in [9.17, 15) is 22.8 Å². The maximum absolute atomic E-state index is 13.1. The highest BCUT2D eigenvalue weighted by molar-refractivity contribution is 7.89. The summed E-state index contributed by atoms with van der Waals surface area (Å²) in [5.74, 6) is -1.05. The molecular formula is C24H31N5O5S2. The minimum absolute atomic E-state index is 0.0602. The van der Waals surface area contributed by atoms with Crippen molar-refractivity contribution in [2.75, 3.05) is 32.5 Å². The van der Waals surface area contributed by atoms with E-state index in [2.05, 4.69) is 20.9 Å². The molecule has 12 heteroatoms. The Labute approximate surface area is 215 Å². The van der Waals surface area contributed by atoms with E-state index < -0.39 is 27.9 Å². The average Bonchev–Trinajstić information content (AvgIpc) is 3.20. The van der Waals surface area contributed by atoms with Crippen molar-refractivity contribution in [1.82, 2.24) is 19.8 Å². The predicted octanol–water partition coefficient (Wildman–Crippen LogP) is 2.62. The number of imide groups is 1. The maximum atomic E-state index is 13.1. The second-order valence-corrected chi connectivity index (χ2v) is 12.2. The van der Waals surface area contributed by atoms with Crippen LogP contribution in [-0.4, -0.2) is 68.7 Å². The molecule has 1 unspecified atom stereocenters. The van der Waals surface area contributed by atoms with E-state index >= 15 is 0 Å². The number of nitrogens with zero attached hydrogens (tertiary/aromatic N) is 2. The molecule has 1 aromatic carbocycles. The lowest BCUT2D eigenvalue weighted by atomic mass is 10.0. The summed E-state index contributed by atoms with van der Waals surface area (Å²) < 4.78 is 27.7. The van der Waals surface area contributed by atoms with E-state index in [-0.39, 0.29) is 16.5 Å². The number of rotatable bonds is 5. The fraction of sp³-hybridized carbons (Fsp3) is 0.458. The first-order valence-corrected chi connectivity index (χ1v) is 14.2. The summed E-state index contributed by atoms with van der Waals surface area (Å²) in [6, 6.07) is 5.14. The molecule has 0 spiro atoms. The molecule has 0 saturated carbocycles. The number of amides is 4. The summed E-state index contributed by atoms with van der Waals surface area (Å²) >= 11 is 1.31. The van der Waals surface area contributed by atoms with Gasteiger partial charge in [-0.1, -0.05) is 6.42 Å². The molecule has 2 aliphatic rings. The summed E-state index contributed by atoms with van der Waals surface area (Å²) in [6.45, 7) is 3.79. The van der Waals surface area contributed by atoms with E-state index in [1.807, 2.05) is 14.0 Å². The maximum Gasteiger partial charge on any atom is 0.321 e. The first-order chi connectivity index (χ1) is 17.1. The number of anilines is 1. The highest BCUT2D eigenvalue weighted by Crippen LogP contribution is 2.37. The van der Waals surface area contributed by atoms with Gasteiger partial charge in [0.15, 0.2) is 0 Å². The fourth-order valence-electron chi connectivity index (χ4n) is 4.61. The Hall–Kier alpha value is -2.80. The van der Waals surface area contributed by atoms with Crippen LogP contribution in [0.5, 0.6) is 0 Å². The smallest absolute Gasteiger partial charge is 0.321 e. The third-order valence-electron chi connectivity index (χ3n) is 6.62. The average molecular weight is 534 g/mol. The molecule has 1 atom stereocenters. The van der Waals surface area contributed by atoms with Gasteiger partial charge in [-0.3, -0.25) is 14.9 Å². The SMILES string of the molecule is CNC(=O)NC(=O)c1c(NC(=O)c2ccc(S(=O)(=O)N3CCCCC3C)cc2)sc2c1CCN(C)C2. The standard InChI is InChI=1S/C24H31N5O5S2/c1-15-6-4-5-12-29(15)36(33,34)17-9-7-16(8-10-17)21(30)26-23-20(22(31)27-24(32)25-2)18-11-13-28(3)14-19(18)35-23/h7-10,15H,4-6,11-14H2,1-3H3,(H,26,30)(H2,25,27,31,32). The summed E-state index contributed by atoms with van der Waals surface area (Å²) in [5.41, 5.74) is 1.38. The van der Waals surface area contributed by atoms with Crippen molar-refractivity contribution in [3.05, 3.63) is 45.8 Å². The zero-order valence-electron chi connectivity index (χ0n) is 20.6. The van der Waals surface area contributed by atoms with Gasteiger partial charge in [-0.2, -0.15) is 4.31 Å². The van der Waals surface area contributed by atoms with Gasteiger partial charge in [0.05, 0.1) is 10.5 Å². The van der Waals surface area contributed by atoms with Crippen LogP contribution in [0.2, 0.25) is 0 Å². The number of carbonyl (C=O) groups excluding carboxylic acids is 3. The van der Waals surface area contributed by atoms with Gasteiger partial charge in [-0.25, -0.2) is 13.2 Å². The van der Waals surface area contributed by atoms with Gasteiger partial charge in [0.1, 0.15) is 5.00 Å². The van der Waals surface area contributed by atoms with Crippen LogP contribution in [0.25, 0.3) is 0 Å². The van der Waals surface area contributed by atoms with Crippen LogP contribution in [-0.2, 0) is 23.0 Å². The van der Waals surface area contributed by atoms with Crippen molar-refractivity contribution in [3.8, 4) is 0 Å². The van der Waals surface area contributed by atoms with Crippen LogP contribution < -0.4 is 16.0 Å². The molecule has 2 aliphatic heterocycles. The largest absolute Gasteiger partial charge is 0.341 e. The van der Waals surface area contributed by atoms with E-state index in [1.165, 1.54) is 47.0 Å². The van der Waals surface area contributed by atoms with Crippen LogP contribution in [0.1, 0.15) is 57.3 Å². The van der Waals surface area contributed by atoms with Gasteiger partial charge in [0.25, 0.3) is 11.8 Å². The molecule has 0 bridgehead atoms. The Kier molecular flexibility index (Phi) is 7.79. The number of nitrogens with one attached hydrogen (secondary N) is 3. The molecule has 0 radical (unpaired) electrons. The Morgan fingerprint density at radius 2 is 1.78 bits per heavy atom. The van der Waals surface area contributed by atoms with Crippen LogP contribution in [0.15, 0.2) is 29.2 Å². The minimum Gasteiger partial charge on any atom is -0.341 e. The summed E-state index contributed by atoms with van der Waals surface area (Å²) in [7, 11) is -0.250. The first-order valence-electron chi connectivity index (χ1n) is 11.9. The number of hydrogen-bond donors (Lipinski definition) is 3. The number of fused-ring (bicyclic) bond motifs is 1. The Balaban J connectivity index is 1.57. The van der Waals surface area contributed by atoms with Gasteiger partial charge in [0, 0.05) is 43.2 Å². The molecule has 0 aliphatic carbocycles. The summed E-state index contributed by atoms with van der Waals surface area (Å²) in [6.07, 6.45) is 3.30. The number of carbonyl (C=O) groups is 3. The van der Waals surface area contributed by atoms with Gasteiger partial charge in [0.2, 0.25) is 10.0 Å². The van der Waals surface area contributed by atoms with Crippen LogP contribution in [0.4, 0.5) is 9.80 Å². The second kappa shape index (κ2) is 10.7. The molecule has 36 heavy (non-hydrogen) atoms. The number of thiophene rings is 1. The fourth-order valence-corrected chi connectivity index (χ4v) is 7.63. The van der Waals surface area contributed by atoms with Crippen molar-refractivity contribution in [2.24, 2.45) is 0 Å². The molecule has 1 aromatic heterocycles. The van der Waals surface area contributed by atoms with Crippen molar-refractivity contribution in [2.45, 2.75) is 50.1 Å². The molecule has 1 saturated heterocycles. The summed E-state index contributed by atoms with van der Waals surface area (Å²) in [5, 5.41) is 7.82. The number of benzene rings is 1. The molecule has 194 valence electrons. The van der Waals surface area contributed by atoms with Crippen molar-refractivity contribution in [3.63, 3.8) is 0 Å². The molecule has 4 rings (SSSR count). The number of likely N-dealkylation sites (N-methyl/N-ethyl adjacent to an activating group) is 1. The van der Waals surface area contributed by atoms with Crippen molar-refractivity contribution >= 4 is 44.2 Å². The number of piperidine rings is 1. The van der Waals surface area contributed by atoms with Crippen LogP contribution >= 0.6 is 11.3 Å². The third kappa shape index (κ3) is 5.31. The van der Waals surface area contributed by atoms with Crippen molar-refractivity contribution < 1.29 is 22.8 Å². The quantitative estimate of drug-likeness (QED) is 0.542. The van der Waals surface area contributed by atoms with Gasteiger partial charge < -0.3 is 15.5 Å². The normalized spacial score (nSPS) is 18.8. The highest BCUT2D eigenvalue weighted by Gasteiger charge is 2.32. The Morgan fingerprint density at radius 3 is 2.44 bits per heavy atom. The predicted molar refractivity (Wildman–Crippen MR) is 138 cm³/mol. The van der Waals surface area contributed by atoms with Gasteiger partial charge >= 0.3 is 6.03 Å². The third-order valence-corrected chi connectivity index (χ3v) is 9.78. The van der Waals surface area contributed by atoms with E-state index in [1.54, 1.807) is 0 Å². The van der Waals surface area contributed by atoms with E-state index in [0.29, 0.717) is 30.1 Å². The monoisotopic (exact) mass is 533 g/mol. The lowest BCUT2D eigenvalue weighted by Crippen LogP contribution is -2.41. The molecule has 10 nitrogen and oxygen atoms in total. The summed E-state index contributed by atoms with van der Waals surface area (Å²) in [4.78, 5) is 40.9. The minimum atomic E-state index is -3.64. The molecule has 4 amide bonds. The van der Waals surface area contributed by atoms with Gasteiger partial charge in [-0.15, -0.1) is 11.3 Å². The number of sulfonamides is 1. The first kappa shape index (κ1) is 26.3. The molecular weight excluding hydrogens is 502 g/mol. The lowest BCUT2D eigenvalue weighted by molar-refractivity contribution is 0.0964. The molecule has 3 heterocycles. The van der Waals surface area contributed by atoms with Crippen LogP contribution in [0, 0.1) is 0 Å². The van der Waals surface area contributed by atoms with Gasteiger partial charge in [-0.05, 0) is 63.1 Å². The van der Waals surface area contributed by atoms with E-state index in [4.69, 9.17) is 0 Å². The zero-order chi connectivity index (χ0) is 26.0. The number of hydrogen-bond acceptors (Lipinski definition) is 7. The lowest BCUT2D eigenvalue weighted by Gasteiger charge is -2.32. The van der Waals surface area contributed by atoms with E-state index in [0.717, 1.165) is 36.2 Å². The zero-order valence-corrected chi connectivity index (χ0v) is 22.2. The highest BCUT2D eigenvalue weighted by atomic mass is 32.2. The Morgan fingerprint density at radius 1 is 1.06 bits per heavy atom. The topological polar surface area (TPSA) is 128 Å². The van der Waals surface area contributed by atoms with Crippen molar-refractivity contribution in [1.29, 1.82) is 0 Å². The molecule has 1 fully saturated rings. The van der Waals surface area contributed by atoms with Crippen LogP contribution in [0.3, 0.4) is 0 Å². The number of urea groups is 1. The molecule has 3 N–H and O–H groups in total. The Bertz CT molecular complexity index is 1270.